The van der Waals surface area contributed by atoms with Crippen LogP contribution >= 0.6 is 34.4 Å². The van der Waals surface area contributed by atoms with E-state index in [0.29, 0.717) is 10.6 Å². The molecule has 1 N–H and O–H groups in total. The Morgan fingerprint density at radius 3 is 2.62 bits per heavy atom. The zero-order valence-electron chi connectivity index (χ0n) is 19.1. The number of aryl methyl sites for hydroxylation is 1. The minimum Gasteiger partial charge on any atom is -0.497 e. The fraction of sp³-hybridized carbons (Fsp3) is 0.250. The summed E-state index contributed by atoms with van der Waals surface area (Å²) in [6, 6.07) is 7.81. The van der Waals surface area contributed by atoms with Crippen molar-refractivity contribution in [3.05, 3.63) is 52.0 Å². The van der Waals surface area contributed by atoms with Gasteiger partial charge in [0.1, 0.15) is 26.9 Å². The first kappa shape index (κ1) is 24.2. The minimum atomic E-state index is -0.424. The molecule has 0 radical (unpaired) electrons. The maximum atomic E-state index is 12.8. The zero-order chi connectivity index (χ0) is 24.2. The van der Waals surface area contributed by atoms with Crippen LogP contribution in [-0.4, -0.2) is 41.3 Å². The summed E-state index contributed by atoms with van der Waals surface area (Å²) in [5.74, 6) is 0.284. The third kappa shape index (κ3) is 4.94. The van der Waals surface area contributed by atoms with Gasteiger partial charge in [-0.2, -0.15) is 0 Å². The Labute approximate surface area is 209 Å². The first-order chi connectivity index (χ1) is 16.4. The van der Waals surface area contributed by atoms with E-state index in [2.05, 4.69) is 15.3 Å². The topological polar surface area (TPSA) is 90.4 Å². The monoisotopic (exact) mass is 513 g/mol. The molecule has 3 heterocycles. The number of benzene rings is 1. The van der Waals surface area contributed by atoms with Crippen molar-refractivity contribution in [1.29, 1.82) is 0 Å². The number of carbonyl (C=O) groups excluding carboxylic acids is 2. The molecule has 176 valence electrons. The number of rotatable bonds is 8. The summed E-state index contributed by atoms with van der Waals surface area (Å²) in [6.07, 6.45) is 1.52. The Balaban J connectivity index is 1.54. The normalized spacial score (nSPS) is 10.9. The molecule has 0 spiro atoms. The summed E-state index contributed by atoms with van der Waals surface area (Å²) in [5.41, 5.74) is 3.29. The number of nitrogens with zero attached hydrogens (tertiary/aromatic N) is 2. The Bertz CT molecular complexity index is 1350. The average Bonchev–Trinajstić information content (AvgIpc) is 3.39. The lowest BCUT2D eigenvalue weighted by Crippen LogP contribution is -2.16. The molecule has 0 atom stereocenters. The first-order valence-corrected chi connectivity index (χ1v) is 13.2. The van der Waals surface area contributed by atoms with Crippen molar-refractivity contribution in [1.82, 2.24) is 9.97 Å². The second-order valence-electron chi connectivity index (χ2n) is 7.28. The SMILES string of the molecule is CCOC(=O)c1c(NC(=O)CSc2ncnc3scc(-c4ccc(OC)cc4)c23)sc(C)c1C. The van der Waals surface area contributed by atoms with Crippen molar-refractivity contribution in [2.24, 2.45) is 0 Å². The van der Waals surface area contributed by atoms with Crippen LogP contribution in [-0.2, 0) is 9.53 Å². The Kier molecular flexibility index (Phi) is 7.50. The van der Waals surface area contributed by atoms with Crippen LogP contribution in [0.5, 0.6) is 5.75 Å². The van der Waals surface area contributed by atoms with Crippen LogP contribution in [0.15, 0.2) is 41.0 Å². The van der Waals surface area contributed by atoms with Crippen LogP contribution in [0.25, 0.3) is 21.3 Å². The number of hydrogen-bond acceptors (Lipinski definition) is 9. The van der Waals surface area contributed by atoms with Crippen molar-refractivity contribution in [3.63, 3.8) is 0 Å². The van der Waals surface area contributed by atoms with E-state index in [0.717, 1.165) is 42.6 Å². The van der Waals surface area contributed by atoms with E-state index in [1.54, 1.807) is 14.0 Å². The second-order valence-corrected chi connectivity index (χ2v) is 10.3. The highest BCUT2D eigenvalue weighted by Crippen LogP contribution is 2.38. The molecule has 1 aromatic carbocycles. The van der Waals surface area contributed by atoms with E-state index in [9.17, 15) is 9.59 Å². The van der Waals surface area contributed by atoms with Crippen LogP contribution in [0.1, 0.15) is 27.7 Å². The number of ether oxygens (including phenoxy) is 2. The predicted octanol–water partition coefficient (Wildman–Crippen LogP) is 5.95. The second kappa shape index (κ2) is 10.5. The van der Waals surface area contributed by atoms with Crippen molar-refractivity contribution >= 4 is 61.5 Å². The van der Waals surface area contributed by atoms with E-state index < -0.39 is 5.97 Å². The largest absolute Gasteiger partial charge is 0.497 e. The summed E-state index contributed by atoms with van der Waals surface area (Å²) in [7, 11) is 1.64. The lowest BCUT2D eigenvalue weighted by atomic mass is 10.1. The summed E-state index contributed by atoms with van der Waals surface area (Å²) in [6.45, 7) is 5.81. The Morgan fingerprint density at radius 1 is 1.15 bits per heavy atom. The van der Waals surface area contributed by atoms with Gasteiger partial charge in [-0.15, -0.1) is 22.7 Å². The van der Waals surface area contributed by atoms with Gasteiger partial charge in [0.25, 0.3) is 0 Å². The highest BCUT2D eigenvalue weighted by molar-refractivity contribution is 8.00. The highest BCUT2D eigenvalue weighted by atomic mass is 32.2. The molecule has 0 unspecified atom stereocenters. The summed E-state index contributed by atoms with van der Waals surface area (Å²) in [4.78, 5) is 35.9. The lowest BCUT2D eigenvalue weighted by Gasteiger charge is -2.08. The number of nitrogens with one attached hydrogen (secondary N) is 1. The van der Waals surface area contributed by atoms with Gasteiger partial charge >= 0.3 is 5.97 Å². The minimum absolute atomic E-state index is 0.141. The lowest BCUT2D eigenvalue weighted by molar-refractivity contribution is -0.113. The van der Waals surface area contributed by atoms with E-state index in [1.165, 1.54) is 40.8 Å². The number of fused-ring (bicyclic) bond motifs is 1. The molecule has 4 rings (SSSR count). The number of thioether (sulfide) groups is 1. The van der Waals surface area contributed by atoms with Gasteiger partial charge in [-0.3, -0.25) is 4.79 Å². The van der Waals surface area contributed by atoms with Crippen molar-refractivity contribution < 1.29 is 19.1 Å². The maximum Gasteiger partial charge on any atom is 0.341 e. The van der Waals surface area contributed by atoms with Crippen LogP contribution < -0.4 is 10.1 Å². The number of hydrogen-bond donors (Lipinski definition) is 1. The molecule has 34 heavy (non-hydrogen) atoms. The summed E-state index contributed by atoms with van der Waals surface area (Å²) < 4.78 is 10.4. The fourth-order valence-corrected chi connectivity index (χ4v) is 6.26. The average molecular weight is 514 g/mol. The smallest absolute Gasteiger partial charge is 0.341 e. The fourth-order valence-electron chi connectivity index (χ4n) is 3.40. The number of thiophene rings is 2. The molecule has 0 aliphatic carbocycles. The first-order valence-electron chi connectivity index (χ1n) is 10.5. The van der Waals surface area contributed by atoms with Crippen molar-refractivity contribution in [2.45, 2.75) is 25.8 Å². The van der Waals surface area contributed by atoms with Gasteiger partial charge in [0, 0.05) is 15.8 Å². The van der Waals surface area contributed by atoms with Crippen molar-refractivity contribution in [2.75, 3.05) is 24.8 Å². The summed E-state index contributed by atoms with van der Waals surface area (Å²) in [5, 5.41) is 7.11. The summed E-state index contributed by atoms with van der Waals surface area (Å²) >= 11 is 4.25. The number of methoxy groups -OCH3 is 1. The zero-order valence-corrected chi connectivity index (χ0v) is 21.6. The van der Waals surface area contributed by atoms with Gasteiger partial charge in [0.05, 0.1) is 30.4 Å². The molecule has 0 fully saturated rings. The molecule has 10 heteroatoms. The van der Waals surface area contributed by atoms with E-state index in [-0.39, 0.29) is 18.3 Å². The predicted molar refractivity (Wildman–Crippen MR) is 139 cm³/mol. The Morgan fingerprint density at radius 2 is 1.91 bits per heavy atom. The number of anilines is 1. The van der Waals surface area contributed by atoms with Gasteiger partial charge in [-0.1, -0.05) is 23.9 Å². The Hall–Kier alpha value is -2.95. The number of amides is 1. The molecule has 0 saturated carbocycles. The van der Waals surface area contributed by atoms with E-state index in [1.807, 2.05) is 43.5 Å². The van der Waals surface area contributed by atoms with Crippen LogP contribution in [0.3, 0.4) is 0 Å². The number of esters is 1. The molecule has 7 nitrogen and oxygen atoms in total. The van der Waals surface area contributed by atoms with E-state index >= 15 is 0 Å². The highest BCUT2D eigenvalue weighted by Gasteiger charge is 2.22. The van der Waals surface area contributed by atoms with Crippen LogP contribution in [0.2, 0.25) is 0 Å². The van der Waals surface area contributed by atoms with E-state index in [4.69, 9.17) is 9.47 Å². The van der Waals surface area contributed by atoms with Gasteiger partial charge in [0.15, 0.2) is 0 Å². The standard InChI is InChI=1S/C24H23N3O4S3/c1-5-31-24(29)19-13(2)14(3)34-23(19)27-18(28)11-33-22-20-17(10-32-21(20)25-12-26-22)15-6-8-16(30-4)9-7-15/h6-10,12H,5,11H2,1-4H3,(H,27,28). The molecule has 0 aliphatic heterocycles. The molecule has 0 saturated heterocycles. The van der Waals surface area contributed by atoms with Crippen LogP contribution in [0, 0.1) is 13.8 Å². The van der Waals surface area contributed by atoms with Gasteiger partial charge in [-0.25, -0.2) is 14.8 Å². The molecule has 3 aromatic heterocycles. The molecule has 0 aliphatic rings. The van der Waals surface area contributed by atoms with Gasteiger partial charge in [0.2, 0.25) is 5.91 Å². The number of aromatic nitrogens is 2. The van der Waals surface area contributed by atoms with Gasteiger partial charge < -0.3 is 14.8 Å². The third-order valence-corrected chi connectivity index (χ3v) is 8.19. The quantitative estimate of drug-likeness (QED) is 0.177. The molecular formula is C24H23N3O4S3. The van der Waals surface area contributed by atoms with Gasteiger partial charge in [-0.05, 0) is 44.0 Å². The maximum absolute atomic E-state index is 12.8. The molecular weight excluding hydrogens is 490 g/mol. The third-order valence-electron chi connectivity index (χ3n) is 5.19. The number of carbonyl (C=O) groups is 2. The molecule has 4 aromatic rings. The molecule has 0 bridgehead atoms. The van der Waals surface area contributed by atoms with Crippen molar-refractivity contribution in [3.8, 4) is 16.9 Å². The van der Waals surface area contributed by atoms with Crippen LogP contribution in [0.4, 0.5) is 5.00 Å². The molecule has 1 amide bonds.